The van der Waals surface area contributed by atoms with Gasteiger partial charge in [0.05, 0.1) is 12.7 Å². The van der Waals surface area contributed by atoms with Gasteiger partial charge >= 0.3 is 6.03 Å². The highest BCUT2D eigenvalue weighted by Gasteiger charge is 2.29. The van der Waals surface area contributed by atoms with E-state index in [0.717, 1.165) is 0 Å². The molecule has 0 aliphatic heterocycles. The Kier molecular flexibility index (Phi) is 6.13. The second-order valence-corrected chi connectivity index (χ2v) is 3.04. The molecule has 0 saturated heterocycles. The fraction of sp³-hybridized carbons (Fsp3) is 0.857. The summed E-state index contributed by atoms with van der Waals surface area (Å²) in [5.74, 6) is 0. The Labute approximate surface area is 86.0 Å². The van der Waals surface area contributed by atoms with Gasteiger partial charge in [-0.15, -0.1) is 0 Å². The third-order valence-corrected chi connectivity index (χ3v) is 1.81. The molecule has 0 unspecified atom stereocenters. The summed E-state index contributed by atoms with van der Waals surface area (Å²) in [6.07, 6.45) is -6.46. The van der Waals surface area contributed by atoms with Crippen molar-refractivity contribution < 1.29 is 30.3 Å². The number of amides is 2. The molecule has 0 heterocycles. The number of carbonyl (C=O) groups is 1. The van der Waals surface area contributed by atoms with Crippen LogP contribution in [-0.4, -0.2) is 69.1 Å². The van der Waals surface area contributed by atoms with Crippen molar-refractivity contribution in [2.75, 3.05) is 13.2 Å². The molecule has 0 aliphatic carbocycles. The predicted molar refractivity (Wildman–Crippen MR) is 48.7 cm³/mol. The Bertz CT molecular complexity index is 202. The monoisotopic (exact) mass is 224 g/mol. The largest absolute Gasteiger partial charge is 0.394 e. The molecular weight excluding hydrogens is 208 g/mol. The Morgan fingerprint density at radius 2 is 1.60 bits per heavy atom. The maximum Gasteiger partial charge on any atom is 0.312 e. The Morgan fingerprint density at radius 3 is 2.00 bits per heavy atom. The van der Waals surface area contributed by atoms with Crippen LogP contribution in [0.5, 0.6) is 0 Å². The van der Waals surface area contributed by atoms with Crippen LogP contribution in [0.15, 0.2) is 0 Å². The standard InChI is InChI=1S/C7H16N2O6/c8-7(15)9-1-3(11)5(13)6(14)4(12)2-10/h3-6,10-14H,1-2H2,(H3,8,9,15)/t3-,4+,5+,6+/m0/s1. The third-order valence-electron chi connectivity index (χ3n) is 1.81. The van der Waals surface area contributed by atoms with Crippen molar-refractivity contribution in [2.45, 2.75) is 24.4 Å². The number of rotatable bonds is 6. The molecule has 0 rings (SSSR count). The van der Waals surface area contributed by atoms with Crippen LogP contribution < -0.4 is 11.1 Å². The summed E-state index contributed by atoms with van der Waals surface area (Å²) in [4.78, 5) is 10.3. The molecule has 0 aromatic rings. The number of aliphatic hydroxyl groups excluding tert-OH is 5. The lowest BCUT2D eigenvalue weighted by Crippen LogP contribution is -2.50. The number of carbonyl (C=O) groups excluding carboxylic acids is 1. The fourth-order valence-electron chi connectivity index (χ4n) is 0.889. The van der Waals surface area contributed by atoms with Crippen molar-refractivity contribution in [2.24, 2.45) is 5.73 Å². The number of urea groups is 1. The fourth-order valence-corrected chi connectivity index (χ4v) is 0.889. The van der Waals surface area contributed by atoms with Gasteiger partial charge in [-0.05, 0) is 0 Å². The first-order valence-electron chi connectivity index (χ1n) is 4.26. The lowest BCUT2D eigenvalue weighted by Gasteiger charge is -2.25. The van der Waals surface area contributed by atoms with Gasteiger partial charge in [0.2, 0.25) is 0 Å². The number of nitrogens with two attached hydrogens (primary N) is 1. The van der Waals surface area contributed by atoms with Crippen LogP contribution in [0.4, 0.5) is 4.79 Å². The molecule has 0 aromatic heterocycles. The van der Waals surface area contributed by atoms with Crippen LogP contribution in [-0.2, 0) is 0 Å². The van der Waals surface area contributed by atoms with Gasteiger partial charge in [0, 0.05) is 6.54 Å². The maximum absolute atomic E-state index is 10.3. The van der Waals surface area contributed by atoms with E-state index in [-0.39, 0.29) is 6.54 Å². The molecule has 0 aliphatic rings. The SMILES string of the molecule is NC(=O)NC[C@H](O)[C@@H](O)[C@H](O)[C@H](O)CO. The number of hydrogen-bond donors (Lipinski definition) is 7. The first kappa shape index (κ1) is 14.1. The minimum atomic E-state index is -1.71. The molecule has 8 N–H and O–H groups in total. The van der Waals surface area contributed by atoms with Gasteiger partial charge in [-0.2, -0.15) is 0 Å². The van der Waals surface area contributed by atoms with Crippen LogP contribution in [0.1, 0.15) is 0 Å². The summed E-state index contributed by atoms with van der Waals surface area (Å²) in [6, 6.07) is -0.890. The van der Waals surface area contributed by atoms with Gasteiger partial charge in [0.15, 0.2) is 0 Å². The first-order chi connectivity index (χ1) is 6.90. The highest BCUT2D eigenvalue weighted by Crippen LogP contribution is 2.04. The molecule has 0 radical (unpaired) electrons. The second kappa shape index (κ2) is 6.53. The quantitative estimate of drug-likeness (QED) is 0.244. The van der Waals surface area contributed by atoms with Crippen molar-refractivity contribution in [1.82, 2.24) is 5.32 Å². The van der Waals surface area contributed by atoms with Gasteiger partial charge in [-0.3, -0.25) is 0 Å². The zero-order valence-electron chi connectivity index (χ0n) is 7.95. The molecule has 0 aromatic carbocycles. The van der Waals surface area contributed by atoms with Crippen molar-refractivity contribution in [1.29, 1.82) is 0 Å². The highest BCUT2D eigenvalue weighted by molar-refractivity contribution is 5.71. The number of nitrogens with one attached hydrogen (secondary N) is 1. The molecule has 0 saturated carbocycles. The molecule has 15 heavy (non-hydrogen) atoms. The topological polar surface area (TPSA) is 156 Å². The predicted octanol–water partition coefficient (Wildman–Crippen LogP) is -3.91. The molecule has 8 nitrogen and oxygen atoms in total. The summed E-state index contributed by atoms with van der Waals surface area (Å²) >= 11 is 0. The van der Waals surface area contributed by atoms with Crippen molar-refractivity contribution >= 4 is 6.03 Å². The van der Waals surface area contributed by atoms with E-state index in [1.54, 1.807) is 0 Å². The Hall–Kier alpha value is -0.930. The summed E-state index contributed by atoms with van der Waals surface area (Å²) in [5.41, 5.74) is 4.71. The van der Waals surface area contributed by atoms with Crippen LogP contribution in [0.2, 0.25) is 0 Å². The van der Waals surface area contributed by atoms with Gasteiger partial charge in [0.25, 0.3) is 0 Å². The molecule has 0 spiro atoms. The molecular formula is C7H16N2O6. The zero-order valence-corrected chi connectivity index (χ0v) is 7.95. The van der Waals surface area contributed by atoms with E-state index in [0.29, 0.717) is 0 Å². The number of aliphatic hydroxyl groups is 5. The summed E-state index contributed by atoms with van der Waals surface area (Å²) in [6.45, 7) is -1.13. The van der Waals surface area contributed by atoms with Crippen LogP contribution in [0.25, 0.3) is 0 Å². The van der Waals surface area contributed by atoms with Crippen molar-refractivity contribution in [3.63, 3.8) is 0 Å². The van der Waals surface area contributed by atoms with Crippen molar-refractivity contribution in [3.8, 4) is 0 Å². The Balaban J connectivity index is 4.06. The summed E-state index contributed by atoms with van der Waals surface area (Å²) in [7, 11) is 0. The lowest BCUT2D eigenvalue weighted by molar-refractivity contribution is -0.113. The molecule has 90 valence electrons. The zero-order chi connectivity index (χ0) is 12.0. The smallest absolute Gasteiger partial charge is 0.312 e. The highest BCUT2D eigenvalue weighted by atomic mass is 16.4. The van der Waals surface area contributed by atoms with Gasteiger partial charge in [-0.25, -0.2) is 4.79 Å². The average Bonchev–Trinajstić information content (AvgIpc) is 2.22. The van der Waals surface area contributed by atoms with E-state index in [4.69, 9.17) is 21.1 Å². The second-order valence-electron chi connectivity index (χ2n) is 3.04. The maximum atomic E-state index is 10.3. The van der Waals surface area contributed by atoms with E-state index in [2.05, 4.69) is 0 Å². The van der Waals surface area contributed by atoms with Crippen LogP contribution in [0.3, 0.4) is 0 Å². The van der Waals surface area contributed by atoms with E-state index in [1.807, 2.05) is 5.32 Å². The van der Waals surface area contributed by atoms with Gasteiger partial charge in [-0.1, -0.05) is 0 Å². The summed E-state index contributed by atoms with van der Waals surface area (Å²) in [5, 5.41) is 47.0. The van der Waals surface area contributed by atoms with E-state index in [1.165, 1.54) is 0 Å². The van der Waals surface area contributed by atoms with E-state index >= 15 is 0 Å². The van der Waals surface area contributed by atoms with Crippen molar-refractivity contribution in [3.05, 3.63) is 0 Å². The minimum absolute atomic E-state index is 0.369. The van der Waals surface area contributed by atoms with Crippen LogP contribution in [0, 0.1) is 0 Å². The molecule has 0 bridgehead atoms. The third kappa shape index (κ3) is 4.91. The minimum Gasteiger partial charge on any atom is -0.394 e. The number of hydrogen-bond acceptors (Lipinski definition) is 6. The number of primary amides is 1. The normalized spacial score (nSPS) is 19.0. The Morgan fingerprint density at radius 1 is 1.13 bits per heavy atom. The van der Waals surface area contributed by atoms with E-state index in [9.17, 15) is 15.0 Å². The summed E-state index contributed by atoms with van der Waals surface area (Å²) < 4.78 is 0. The molecule has 0 fully saturated rings. The molecule has 2 amide bonds. The molecule has 8 heteroatoms. The van der Waals surface area contributed by atoms with Gasteiger partial charge < -0.3 is 36.6 Å². The lowest BCUT2D eigenvalue weighted by atomic mass is 10.0. The first-order valence-corrected chi connectivity index (χ1v) is 4.26. The molecule has 4 atom stereocenters. The van der Waals surface area contributed by atoms with Gasteiger partial charge in [0.1, 0.15) is 18.3 Å². The van der Waals surface area contributed by atoms with Crippen LogP contribution >= 0.6 is 0 Å². The van der Waals surface area contributed by atoms with E-state index < -0.39 is 37.1 Å². The average molecular weight is 224 g/mol.